The molecule has 0 saturated carbocycles. The van der Waals surface area contributed by atoms with Gasteiger partial charge in [0.15, 0.2) is 5.96 Å². The fraction of sp³-hybridized carbons (Fsp3) is 0.500. The maximum Gasteiger partial charge on any atom is 0.242 e. The summed E-state index contributed by atoms with van der Waals surface area (Å²) in [5, 5.41) is 8.94. The lowest BCUT2D eigenvalue weighted by molar-refractivity contribution is -0.119. The van der Waals surface area contributed by atoms with Crippen molar-refractivity contribution in [1.82, 2.24) is 20.5 Å². The molecule has 2 N–H and O–H groups in total. The summed E-state index contributed by atoms with van der Waals surface area (Å²) in [6.07, 6.45) is 1.56. The van der Waals surface area contributed by atoms with Crippen LogP contribution in [0.5, 0.6) is 0 Å². The summed E-state index contributed by atoms with van der Waals surface area (Å²) in [4.78, 5) is 23.0. The number of hydrogen-bond donors (Lipinski definition) is 2. The minimum atomic E-state index is -0.167. The molecule has 0 spiro atoms. The third-order valence-electron chi connectivity index (χ3n) is 3.78. The molecule has 0 radical (unpaired) electrons. The van der Waals surface area contributed by atoms with E-state index in [0.29, 0.717) is 31.4 Å². The van der Waals surface area contributed by atoms with Crippen LogP contribution in [0.2, 0.25) is 0 Å². The number of halogens is 1. The quantitative estimate of drug-likeness (QED) is 0.300. The number of aromatic nitrogens is 1. The smallest absolute Gasteiger partial charge is 0.242 e. The van der Waals surface area contributed by atoms with E-state index in [1.807, 2.05) is 37.2 Å². The van der Waals surface area contributed by atoms with E-state index >= 15 is 0 Å². The zero-order valence-corrected chi connectivity index (χ0v) is 19.7. The first kappa shape index (κ1) is 24.4. The zero-order chi connectivity index (χ0) is 19.6. The van der Waals surface area contributed by atoms with Gasteiger partial charge in [0, 0.05) is 26.1 Å². The zero-order valence-electron chi connectivity index (χ0n) is 16.6. The van der Waals surface area contributed by atoms with E-state index < -0.39 is 0 Å². The predicted octanol–water partition coefficient (Wildman–Crippen LogP) is 2.78. The number of thiazole rings is 1. The summed E-state index contributed by atoms with van der Waals surface area (Å²) >= 11 is 1.58. The van der Waals surface area contributed by atoms with Crippen LogP contribution >= 0.6 is 35.3 Å². The average molecular weight is 521 g/mol. The number of furan rings is 1. The van der Waals surface area contributed by atoms with Crippen LogP contribution in [0.15, 0.2) is 33.2 Å². The van der Waals surface area contributed by atoms with Gasteiger partial charge in [-0.25, -0.2) is 9.98 Å². The molecule has 2 aromatic rings. The molecule has 2 rings (SSSR count). The monoisotopic (exact) mass is 521 g/mol. The topological polar surface area (TPSA) is 92.0 Å². The maximum atomic E-state index is 12.0. The first-order valence-corrected chi connectivity index (χ1v) is 9.67. The van der Waals surface area contributed by atoms with Gasteiger partial charge in [-0.05, 0) is 26.0 Å². The molecule has 10 heteroatoms. The summed E-state index contributed by atoms with van der Waals surface area (Å²) in [5.74, 6) is 1.20. The van der Waals surface area contributed by atoms with Crippen molar-refractivity contribution in [2.45, 2.75) is 33.0 Å². The molecule has 28 heavy (non-hydrogen) atoms. The van der Waals surface area contributed by atoms with Gasteiger partial charge >= 0.3 is 0 Å². The highest BCUT2D eigenvalue weighted by atomic mass is 127. The van der Waals surface area contributed by atoms with E-state index in [1.165, 1.54) is 0 Å². The fourth-order valence-electron chi connectivity index (χ4n) is 2.27. The molecule has 0 aliphatic carbocycles. The van der Waals surface area contributed by atoms with Crippen molar-refractivity contribution in [1.29, 1.82) is 0 Å². The second kappa shape index (κ2) is 12.7. The van der Waals surface area contributed by atoms with Crippen LogP contribution in [0, 0.1) is 0 Å². The number of ether oxygens (including phenoxy) is 1. The standard InChI is InChI=1S/C18H27N5O3S.HI/c1-5-19-18(21-10-16(24)20-9-15-7-6-8-26-15)23(3)11-14-12-27-17(22-14)13(2)25-4;/h6-8,12-13H,5,9-11H2,1-4H3,(H,19,21)(H,20,24);1H. The highest BCUT2D eigenvalue weighted by Gasteiger charge is 2.13. The van der Waals surface area contributed by atoms with Gasteiger partial charge in [0.1, 0.15) is 23.4 Å². The highest BCUT2D eigenvalue weighted by molar-refractivity contribution is 14.0. The van der Waals surface area contributed by atoms with Gasteiger partial charge in [-0.15, -0.1) is 35.3 Å². The molecule has 156 valence electrons. The van der Waals surface area contributed by atoms with Crippen molar-refractivity contribution in [3.63, 3.8) is 0 Å². The van der Waals surface area contributed by atoms with Gasteiger partial charge in [0.05, 0.1) is 25.0 Å². The molecule has 0 saturated heterocycles. The van der Waals surface area contributed by atoms with E-state index in [9.17, 15) is 4.79 Å². The number of methoxy groups -OCH3 is 1. The van der Waals surface area contributed by atoms with Crippen molar-refractivity contribution in [2.75, 3.05) is 27.2 Å². The number of carbonyl (C=O) groups is 1. The second-order valence-corrected chi connectivity index (χ2v) is 6.83. The number of guanidine groups is 1. The average Bonchev–Trinajstić information content (AvgIpc) is 3.34. The molecule has 1 unspecified atom stereocenters. The number of nitrogens with one attached hydrogen (secondary N) is 2. The molecule has 0 aromatic carbocycles. The van der Waals surface area contributed by atoms with Gasteiger partial charge in [0.2, 0.25) is 5.91 Å². The molecular formula is C18H28IN5O3S. The number of carbonyl (C=O) groups excluding carboxylic acids is 1. The lowest BCUT2D eigenvalue weighted by Gasteiger charge is -2.21. The SMILES string of the molecule is CCNC(=NCC(=O)NCc1ccco1)N(C)Cc1csc(C(C)OC)n1.I. The van der Waals surface area contributed by atoms with Crippen LogP contribution in [-0.4, -0.2) is 49.0 Å². The molecule has 1 atom stereocenters. The van der Waals surface area contributed by atoms with Crippen LogP contribution in [0.1, 0.15) is 36.4 Å². The van der Waals surface area contributed by atoms with E-state index in [4.69, 9.17) is 9.15 Å². The van der Waals surface area contributed by atoms with Crippen LogP contribution < -0.4 is 10.6 Å². The lowest BCUT2D eigenvalue weighted by Crippen LogP contribution is -2.39. The fourth-order valence-corrected chi connectivity index (χ4v) is 3.11. The molecule has 0 aliphatic heterocycles. The Kier molecular flexibility index (Phi) is 11.1. The van der Waals surface area contributed by atoms with Crippen molar-refractivity contribution in [3.8, 4) is 0 Å². The largest absolute Gasteiger partial charge is 0.467 e. The first-order chi connectivity index (χ1) is 13.0. The molecular weight excluding hydrogens is 493 g/mol. The summed E-state index contributed by atoms with van der Waals surface area (Å²) in [6, 6.07) is 3.60. The number of rotatable bonds is 9. The minimum absolute atomic E-state index is 0. The van der Waals surface area contributed by atoms with Gasteiger partial charge in [-0.3, -0.25) is 4.79 Å². The number of hydrogen-bond acceptors (Lipinski definition) is 6. The molecule has 2 aromatic heterocycles. The summed E-state index contributed by atoms with van der Waals surface area (Å²) < 4.78 is 10.5. The van der Waals surface area contributed by atoms with Crippen LogP contribution in [-0.2, 0) is 22.6 Å². The minimum Gasteiger partial charge on any atom is -0.467 e. The van der Waals surface area contributed by atoms with Gasteiger partial charge in [-0.2, -0.15) is 0 Å². The Morgan fingerprint density at radius 1 is 1.46 bits per heavy atom. The first-order valence-electron chi connectivity index (χ1n) is 8.79. The highest BCUT2D eigenvalue weighted by Crippen LogP contribution is 2.20. The van der Waals surface area contributed by atoms with E-state index in [0.717, 1.165) is 10.7 Å². The van der Waals surface area contributed by atoms with Gasteiger partial charge in [-0.1, -0.05) is 0 Å². The molecule has 8 nitrogen and oxygen atoms in total. The Labute approximate surface area is 186 Å². The van der Waals surface area contributed by atoms with Crippen LogP contribution in [0.25, 0.3) is 0 Å². The molecule has 1 amide bonds. The van der Waals surface area contributed by atoms with E-state index in [2.05, 4.69) is 20.6 Å². The van der Waals surface area contributed by atoms with E-state index in [1.54, 1.807) is 30.8 Å². The van der Waals surface area contributed by atoms with Crippen molar-refractivity contribution < 1.29 is 13.9 Å². The second-order valence-electron chi connectivity index (χ2n) is 5.94. The Balaban J connectivity index is 0.00000392. The number of nitrogens with zero attached hydrogens (tertiary/aromatic N) is 3. The van der Waals surface area contributed by atoms with Crippen molar-refractivity contribution in [3.05, 3.63) is 40.2 Å². The van der Waals surface area contributed by atoms with Crippen LogP contribution in [0.4, 0.5) is 0 Å². The Bertz CT molecular complexity index is 735. The summed E-state index contributed by atoms with van der Waals surface area (Å²) in [7, 11) is 3.59. The third-order valence-corrected chi connectivity index (χ3v) is 4.83. The summed E-state index contributed by atoms with van der Waals surface area (Å²) in [6.45, 7) is 5.65. The molecule has 2 heterocycles. The predicted molar refractivity (Wildman–Crippen MR) is 121 cm³/mol. The maximum absolute atomic E-state index is 12.0. The Hall–Kier alpha value is -1.66. The van der Waals surface area contributed by atoms with Gasteiger partial charge < -0.3 is 24.7 Å². The van der Waals surface area contributed by atoms with Crippen molar-refractivity contribution >= 4 is 47.2 Å². The number of aliphatic imine (C=N–C) groups is 1. The van der Waals surface area contributed by atoms with Crippen LogP contribution in [0.3, 0.4) is 0 Å². The van der Waals surface area contributed by atoms with Crippen molar-refractivity contribution in [2.24, 2.45) is 4.99 Å². The molecule has 0 aliphatic rings. The van der Waals surface area contributed by atoms with Gasteiger partial charge in [0.25, 0.3) is 0 Å². The molecule has 0 bridgehead atoms. The Morgan fingerprint density at radius 2 is 2.25 bits per heavy atom. The lowest BCUT2D eigenvalue weighted by atomic mass is 10.4. The summed E-state index contributed by atoms with van der Waals surface area (Å²) in [5.41, 5.74) is 0.939. The Morgan fingerprint density at radius 3 is 2.89 bits per heavy atom. The third kappa shape index (κ3) is 7.76. The molecule has 0 fully saturated rings. The number of amides is 1. The van der Waals surface area contributed by atoms with E-state index in [-0.39, 0.29) is 42.5 Å². The normalized spacial score (nSPS) is 12.2.